The Hall–Kier alpha value is -4.45. The van der Waals surface area contributed by atoms with E-state index in [1.807, 2.05) is 0 Å². The molecule has 1 unspecified atom stereocenters. The van der Waals surface area contributed by atoms with Gasteiger partial charge in [-0.05, 0) is 128 Å². The van der Waals surface area contributed by atoms with Crippen LogP contribution in [0.4, 0.5) is 0 Å². The van der Waals surface area contributed by atoms with Crippen LogP contribution in [0.2, 0.25) is 0 Å². The highest BCUT2D eigenvalue weighted by molar-refractivity contribution is 5.71. The van der Waals surface area contributed by atoms with Gasteiger partial charge in [-0.25, -0.2) is 0 Å². The number of allylic oxidation sites excluding steroid dienone is 22. The van der Waals surface area contributed by atoms with E-state index >= 15 is 0 Å². The highest BCUT2D eigenvalue weighted by Crippen LogP contribution is 2.14. The fourth-order valence-corrected chi connectivity index (χ4v) is 8.06. The summed E-state index contributed by atoms with van der Waals surface area (Å²) in [5.74, 6) is -0.927. The van der Waals surface area contributed by atoms with E-state index in [2.05, 4.69) is 154 Å². The number of hydrogen-bond acceptors (Lipinski definition) is 6. The van der Waals surface area contributed by atoms with Gasteiger partial charge in [0.05, 0.1) is 0 Å². The lowest BCUT2D eigenvalue weighted by molar-refractivity contribution is -0.167. The molecule has 0 bridgehead atoms. The van der Waals surface area contributed by atoms with Crippen molar-refractivity contribution in [2.45, 2.75) is 271 Å². The smallest absolute Gasteiger partial charge is 0.306 e. The van der Waals surface area contributed by atoms with Crippen molar-refractivity contribution >= 4 is 17.9 Å². The van der Waals surface area contributed by atoms with E-state index in [9.17, 15) is 14.4 Å². The molecule has 75 heavy (non-hydrogen) atoms. The molecule has 6 heteroatoms. The Bertz CT molecular complexity index is 1620. The summed E-state index contributed by atoms with van der Waals surface area (Å²) < 4.78 is 16.9. The molecule has 0 saturated heterocycles. The number of unbranched alkanes of at least 4 members (excludes halogenated alkanes) is 21. The maximum Gasteiger partial charge on any atom is 0.306 e. The van der Waals surface area contributed by atoms with Crippen LogP contribution in [0, 0.1) is 0 Å². The average Bonchev–Trinajstić information content (AvgIpc) is 3.41. The van der Waals surface area contributed by atoms with Gasteiger partial charge in [-0.1, -0.05) is 251 Å². The Labute approximate surface area is 462 Å². The SMILES string of the molecule is CC/C=C\C/C=C\C/C=C\C/C=C\C/C=C\C/C=C\CCCCCCCCC(=O)OCC(COC(=O)CCCCCCC/C=C\CCCC)OC(=O)CCCCCCCCCC/C=C\C/C=C\C/C=C\C/C=C\CC. The Morgan fingerprint density at radius 1 is 0.280 bits per heavy atom. The summed E-state index contributed by atoms with van der Waals surface area (Å²) in [5.41, 5.74) is 0. The molecule has 0 N–H and O–H groups in total. The summed E-state index contributed by atoms with van der Waals surface area (Å²) in [6.45, 7) is 6.35. The summed E-state index contributed by atoms with van der Waals surface area (Å²) in [5, 5.41) is 0. The Balaban J connectivity index is 4.38. The van der Waals surface area contributed by atoms with Crippen LogP contribution in [0.1, 0.15) is 265 Å². The van der Waals surface area contributed by atoms with Gasteiger partial charge in [0.15, 0.2) is 6.10 Å². The normalized spacial score (nSPS) is 13.1. The van der Waals surface area contributed by atoms with Crippen molar-refractivity contribution in [3.63, 3.8) is 0 Å². The Morgan fingerprint density at radius 2 is 0.520 bits per heavy atom. The van der Waals surface area contributed by atoms with E-state index in [0.717, 1.165) is 154 Å². The van der Waals surface area contributed by atoms with Crippen molar-refractivity contribution in [3.05, 3.63) is 134 Å². The summed E-state index contributed by atoms with van der Waals surface area (Å²) in [7, 11) is 0. The minimum atomic E-state index is -0.798. The highest BCUT2D eigenvalue weighted by atomic mass is 16.6. The van der Waals surface area contributed by atoms with Crippen molar-refractivity contribution in [2.24, 2.45) is 0 Å². The van der Waals surface area contributed by atoms with Crippen LogP contribution < -0.4 is 0 Å². The minimum Gasteiger partial charge on any atom is -0.462 e. The minimum absolute atomic E-state index is 0.0942. The van der Waals surface area contributed by atoms with Crippen molar-refractivity contribution in [3.8, 4) is 0 Å². The molecule has 0 fully saturated rings. The molecule has 0 rings (SSSR count). The van der Waals surface area contributed by atoms with Crippen LogP contribution >= 0.6 is 0 Å². The van der Waals surface area contributed by atoms with Crippen molar-refractivity contribution < 1.29 is 28.6 Å². The Morgan fingerprint density at radius 3 is 0.827 bits per heavy atom. The summed E-state index contributed by atoms with van der Waals surface area (Å²) in [6, 6.07) is 0. The molecule has 0 aliphatic carbocycles. The van der Waals surface area contributed by atoms with Crippen molar-refractivity contribution in [1.29, 1.82) is 0 Å². The van der Waals surface area contributed by atoms with Crippen LogP contribution in [0.25, 0.3) is 0 Å². The van der Waals surface area contributed by atoms with Gasteiger partial charge in [0.1, 0.15) is 13.2 Å². The predicted molar refractivity (Wildman–Crippen MR) is 325 cm³/mol. The first-order valence-corrected chi connectivity index (χ1v) is 30.7. The molecule has 0 aliphatic rings. The van der Waals surface area contributed by atoms with E-state index in [1.54, 1.807) is 0 Å². The second-order valence-corrected chi connectivity index (χ2v) is 19.8. The zero-order valence-corrected chi connectivity index (χ0v) is 48.5. The van der Waals surface area contributed by atoms with Crippen LogP contribution in [0.5, 0.6) is 0 Å². The number of carbonyl (C=O) groups is 3. The zero-order chi connectivity index (χ0) is 54.3. The average molecular weight is 1040 g/mol. The van der Waals surface area contributed by atoms with E-state index in [0.29, 0.717) is 19.3 Å². The lowest BCUT2D eigenvalue weighted by Gasteiger charge is -2.18. The Kier molecular flexibility index (Phi) is 58.4. The monoisotopic (exact) mass is 1040 g/mol. The number of ether oxygens (including phenoxy) is 3. The second-order valence-electron chi connectivity index (χ2n) is 19.8. The number of hydrogen-bond donors (Lipinski definition) is 0. The van der Waals surface area contributed by atoms with Crippen LogP contribution in [-0.4, -0.2) is 37.2 Å². The van der Waals surface area contributed by atoms with E-state index in [-0.39, 0.29) is 31.1 Å². The van der Waals surface area contributed by atoms with Gasteiger partial charge >= 0.3 is 17.9 Å². The fourth-order valence-electron chi connectivity index (χ4n) is 8.06. The van der Waals surface area contributed by atoms with Gasteiger partial charge in [0, 0.05) is 19.3 Å². The maximum atomic E-state index is 12.9. The highest BCUT2D eigenvalue weighted by Gasteiger charge is 2.19. The molecule has 0 heterocycles. The first kappa shape index (κ1) is 70.5. The molecule has 0 aliphatic heterocycles. The number of esters is 3. The summed E-state index contributed by atoms with van der Waals surface area (Å²) in [6.07, 6.45) is 87.3. The molecule has 1 atom stereocenters. The first-order chi connectivity index (χ1) is 37.0. The van der Waals surface area contributed by atoms with Gasteiger partial charge in [-0.3, -0.25) is 14.4 Å². The largest absolute Gasteiger partial charge is 0.462 e. The molecular weight excluding hydrogens is 925 g/mol. The molecule has 0 aromatic rings. The maximum absolute atomic E-state index is 12.9. The van der Waals surface area contributed by atoms with Gasteiger partial charge in [0.2, 0.25) is 0 Å². The van der Waals surface area contributed by atoms with Crippen molar-refractivity contribution in [1.82, 2.24) is 0 Å². The summed E-state index contributed by atoms with van der Waals surface area (Å²) >= 11 is 0. The van der Waals surface area contributed by atoms with Gasteiger partial charge in [0.25, 0.3) is 0 Å². The van der Waals surface area contributed by atoms with Gasteiger partial charge in [-0.15, -0.1) is 0 Å². The predicted octanol–water partition coefficient (Wildman–Crippen LogP) is 21.0. The topological polar surface area (TPSA) is 78.9 Å². The zero-order valence-electron chi connectivity index (χ0n) is 48.5. The molecule has 0 aromatic carbocycles. The number of carbonyl (C=O) groups excluding carboxylic acids is 3. The third-order valence-corrected chi connectivity index (χ3v) is 12.6. The molecule has 0 spiro atoms. The van der Waals surface area contributed by atoms with Crippen LogP contribution in [0.3, 0.4) is 0 Å². The molecule has 6 nitrogen and oxygen atoms in total. The summed E-state index contributed by atoms with van der Waals surface area (Å²) in [4.78, 5) is 38.2. The van der Waals surface area contributed by atoms with Gasteiger partial charge in [-0.2, -0.15) is 0 Å². The lowest BCUT2D eigenvalue weighted by Crippen LogP contribution is -2.30. The van der Waals surface area contributed by atoms with Crippen molar-refractivity contribution in [2.75, 3.05) is 13.2 Å². The second kappa shape index (κ2) is 62.1. The molecule has 0 amide bonds. The molecule has 0 radical (unpaired) electrons. The van der Waals surface area contributed by atoms with E-state index in [1.165, 1.54) is 70.6 Å². The number of rotatable bonds is 54. The fraction of sp³-hybridized carbons (Fsp3) is 0.638. The third kappa shape index (κ3) is 60.3. The molecule has 0 saturated carbocycles. The standard InChI is InChI=1S/C69H112O6/c1-4-7-10-13-16-19-22-24-26-28-30-32-33-34-35-37-38-40-42-44-47-50-53-56-59-62-68(71)74-65-66(64-73-67(70)61-58-55-52-49-46-21-18-15-12-9-6-3)75-69(72)63-60-57-54-51-48-45-43-41-39-36-31-29-27-25-23-20-17-14-11-8-5-2/h7-8,10-11,15-20,24-27,30-32,34-36,38,40,66H,4-6,9,12-14,21-23,28-29,33,37,39,41-65H2,1-3H3/b10-7-,11-8-,18-15-,19-16-,20-17-,26-24-,27-25-,32-30-,35-34-,36-31-,40-38-. The quantitative estimate of drug-likeness (QED) is 0.0261. The van der Waals surface area contributed by atoms with E-state index in [4.69, 9.17) is 14.2 Å². The molecule has 424 valence electrons. The molecular formula is C69H112O6. The lowest BCUT2D eigenvalue weighted by atomic mass is 10.1. The van der Waals surface area contributed by atoms with Crippen LogP contribution in [-0.2, 0) is 28.6 Å². The van der Waals surface area contributed by atoms with Gasteiger partial charge < -0.3 is 14.2 Å². The molecule has 0 aromatic heterocycles. The third-order valence-electron chi connectivity index (χ3n) is 12.6. The first-order valence-electron chi connectivity index (χ1n) is 30.7. The van der Waals surface area contributed by atoms with Crippen LogP contribution in [0.15, 0.2) is 134 Å². The van der Waals surface area contributed by atoms with E-state index < -0.39 is 6.10 Å².